The number of methoxy groups -OCH3 is 1. The van der Waals surface area contributed by atoms with Gasteiger partial charge in [-0.15, -0.1) is 0 Å². The number of amides is 2. The van der Waals surface area contributed by atoms with Crippen molar-refractivity contribution in [3.05, 3.63) is 90.0 Å². The first-order valence-electron chi connectivity index (χ1n) is 13.0. The summed E-state index contributed by atoms with van der Waals surface area (Å²) in [7, 11) is -2.63. The number of aryl methyl sites for hydroxylation is 1. The van der Waals surface area contributed by atoms with Crippen LogP contribution in [0.3, 0.4) is 0 Å². The molecule has 0 radical (unpaired) electrons. The van der Waals surface area contributed by atoms with Crippen LogP contribution in [0.4, 0.5) is 5.69 Å². The zero-order chi connectivity index (χ0) is 28.4. The highest BCUT2D eigenvalue weighted by Crippen LogP contribution is 2.27. The first-order valence-corrected chi connectivity index (χ1v) is 14.5. The van der Waals surface area contributed by atoms with Crippen LogP contribution in [0.15, 0.2) is 83.8 Å². The monoisotopic (exact) mass is 551 g/mol. The van der Waals surface area contributed by atoms with Gasteiger partial charge in [0.1, 0.15) is 18.3 Å². The molecule has 2 amide bonds. The molecule has 1 atom stereocenters. The normalized spacial score (nSPS) is 11.9. The molecule has 0 aliphatic rings. The van der Waals surface area contributed by atoms with Gasteiger partial charge in [-0.2, -0.15) is 0 Å². The van der Waals surface area contributed by atoms with E-state index in [1.165, 1.54) is 24.1 Å². The van der Waals surface area contributed by atoms with Gasteiger partial charge in [-0.3, -0.25) is 13.9 Å². The Morgan fingerprint density at radius 1 is 0.974 bits per heavy atom. The molecule has 3 aromatic rings. The molecule has 0 saturated carbocycles. The van der Waals surface area contributed by atoms with Gasteiger partial charge in [-0.05, 0) is 50.1 Å². The average molecular weight is 552 g/mol. The van der Waals surface area contributed by atoms with Crippen molar-refractivity contribution >= 4 is 27.5 Å². The molecule has 3 aromatic carbocycles. The summed E-state index contributed by atoms with van der Waals surface area (Å²) in [4.78, 5) is 28.4. The SMILES string of the molecule is CCCCNC(=O)[C@H](C)N(Cc1ccc(C)cc1)C(=O)CN(c1cccc(OC)c1)S(=O)(=O)c1ccccc1. The zero-order valence-corrected chi connectivity index (χ0v) is 23.8. The lowest BCUT2D eigenvalue weighted by atomic mass is 10.1. The second kappa shape index (κ2) is 13.8. The van der Waals surface area contributed by atoms with E-state index in [0.717, 1.165) is 28.3 Å². The molecule has 0 aromatic heterocycles. The zero-order valence-electron chi connectivity index (χ0n) is 23.0. The molecular formula is C30H37N3O5S. The van der Waals surface area contributed by atoms with E-state index < -0.39 is 28.5 Å². The number of ether oxygens (including phenoxy) is 1. The maximum absolute atomic E-state index is 13.9. The van der Waals surface area contributed by atoms with Gasteiger partial charge >= 0.3 is 0 Å². The number of benzene rings is 3. The van der Waals surface area contributed by atoms with Crippen LogP contribution >= 0.6 is 0 Å². The summed E-state index contributed by atoms with van der Waals surface area (Å²) in [6.07, 6.45) is 1.75. The first-order chi connectivity index (χ1) is 18.7. The Kier molecular flexibility index (Phi) is 10.5. The van der Waals surface area contributed by atoms with Gasteiger partial charge in [0.05, 0.1) is 17.7 Å². The molecular weight excluding hydrogens is 514 g/mol. The molecule has 8 nitrogen and oxygen atoms in total. The molecule has 0 unspecified atom stereocenters. The topological polar surface area (TPSA) is 96.0 Å². The van der Waals surface area contributed by atoms with E-state index in [1.807, 2.05) is 38.1 Å². The molecule has 9 heteroatoms. The number of unbranched alkanes of at least 4 members (excludes halogenated alkanes) is 1. The molecule has 0 fully saturated rings. The molecule has 3 rings (SSSR count). The third-order valence-electron chi connectivity index (χ3n) is 6.42. The van der Waals surface area contributed by atoms with E-state index in [4.69, 9.17) is 4.74 Å². The van der Waals surface area contributed by atoms with Gasteiger partial charge < -0.3 is 15.0 Å². The van der Waals surface area contributed by atoms with E-state index in [0.29, 0.717) is 12.3 Å². The van der Waals surface area contributed by atoms with Crippen molar-refractivity contribution in [3.8, 4) is 5.75 Å². The van der Waals surface area contributed by atoms with Crippen molar-refractivity contribution in [2.24, 2.45) is 0 Å². The smallest absolute Gasteiger partial charge is 0.264 e. The van der Waals surface area contributed by atoms with Crippen molar-refractivity contribution in [2.75, 3.05) is 24.5 Å². The van der Waals surface area contributed by atoms with E-state index in [9.17, 15) is 18.0 Å². The number of carbonyl (C=O) groups is 2. The number of rotatable bonds is 13. The predicted molar refractivity (Wildman–Crippen MR) is 153 cm³/mol. The van der Waals surface area contributed by atoms with Crippen molar-refractivity contribution in [1.29, 1.82) is 0 Å². The lowest BCUT2D eigenvalue weighted by Crippen LogP contribution is -2.51. The third kappa shape index (κ3) is 7.83. The molecule has 0 aliphatic carbocycles. The molecule has 0 spiro atoms. The van der Waals surface area contributed by atoms with Gasteiger partial charge in [0.25, 0.3) is 10.0 Å². The fourth-order valence-electron chi connectivity index (χ4n) is 4.02. The van der Waals surface area contributed by atoms with Gasteiger partial charge in [0.2, 0.25) is 11.8 Å². The van der Waals surface area contributed by atoms with Gasteiger partial charge in [-0.25, -0.2) is 8.42 Å². The van der Waals surface area contributed by atoms with Gasteiger partial charge in [0.15, 0.2) is 0 Å². The Bertz CT molecular complexity index is 1340. The second-order valence-corrected chi connectivity index (χ2v) is 11.2. The van der Waals surface area contributed by atoms with Crippen molar-refractivity contribution in [3.63, 3.8) is 0 Å². The Balaban J connectivity index is 2.00. The molecule has 0 heterocycles. The molecule has 1 N–H and O–H groups in total. The number of carbonyl (C=O) groups excluding carboxylic acids is 2. The number of hydrogen-bond acceptors (Lipinski definition) is 5. The first kappa shape index (κ1) is 29.7. The minimum absolute atomic E-state index is 0.0519. The summed E-state index contributed by atoms with van der Waals surface area (Å²) < 4.78 is 34.0. The summed E-state index contributed by atoms with van der Waals surface area (Å²) in [5, 5.41) is 2.89. The van der Waals surface area contributed by atoms with Crippen LogP contribution in [0.1, 0.15) is 37.8 Å². The molecule has 39 heavy (non-hydrogen) atoms. The Hall–Kier alpha value is -3.85. The highest BCUT2D eigenvalue weighted by molar-refractivity contribution is 7.92. The van der Waals surface area contributed by atoms with Crippen LogP contribution in [-0.4, -0.2) is 51.4 Å². The highest BCUT2D eigenvalue weighted by atomic mass is 32.2. The van der Waals surface area contributed by atoms with Crippen molar-refractivity contribution in [2.45, 2.75) is 51.1 Å². The lowest BCUT2D eigenvalue weighted by Gasteiger charge is -2.32. The van der Waals surface area contributed by atoms with Crippen LogP contribution in [0.5, 0.6) is 5.75 Å². The van der Waals surface area contributed by atoms with E-state index in [1.54, 1.807) is 49.4 Å². The summed E-state index contributed by atoms with van der Waals surface area (Å²) >= 11 is 0. The van der Waals surface area contributed by atoms with Gasteiger partial charge in [-0.1, -0.05) is 67.4 Å². The van der Waals surface area contributed by atoms with E-state index in [2.05, 4.69) is 5.32 Å². The minimum atomic E-state index is -4.12. The van der Waals surface area contributed by atoms with Crippen molar-refractivity contribution < 1.29 is 22.7 Å². The van der Waals surface area contributed by atoms with Crippen LogP contribution in [-0.2, 0) is 26.2 Å². The maximum atomic E-state index is 13.9. The van der Waals surface area contributed by atoms with E-state index >= 15 is 0 Å². The fourth-order valence-corrected chi connectivity index (χ4v) is 5.45. The molecule has 0 bridgehead atoms. The summed E-state index contributed by atoms with van der Waals surface area (Å²) in [6, 6.07) is 21.4. The van der Waals surface area contributed by atoms with Crippen LogP contribution in [0.25, 0.3) is 0 Å². The van der Waals surface area contributed by atoms with E-state index in [-0.39, 0.29) is 23.0 Å². The minimum Gasteiger partial charge on any atom is -0.497 e. The Morgan fingerprint density at radius 2 is 1.67 bits per heavy atom. The van der Waals surface area contributed by atoms with Crippen LogP contribution in [0.2, 0.25) is 0 Å². The summed E-state index contributed by atoms with van der Waals surface area (Å²) in [6.45, 7) is 5.82. The Morgan fingerprint density at radius 3 is 2.31 bits per heavy atom. The average Bonchev–Trinajstić information content (AvgIpc) is 2.95. The summed E-state index contributed by atoms with van der Waals surface area (Å²) in [5.41, 5.74) is 2.18. The molecule has 0 aliphatic heterocycles. The number of sulfonamides is 1. The van der Waals surface area contributed by atoms with Crippen LogP contribution in [0, 0.1) is 6.92 Å². The molecule has 0 saturated heterocycles. The van der Waals surface area contributed by atoms with Gasteiger partial charge in [0, 0.05) is 19.2 Å². The maximum Gasteiger partial charge on any atom is 0.264 e. The predicted octanol–water partition coefficient (Wildman–Crippen LogP) is 4.53. The number of nitrogens with one attached hydrogen (secondary N) is 1. The standard InChI is InChI=1S/C30H37N3O5S/c1-5-6-19-31-30(35)24(3)32(21-25-17-15-23(2)16-18-25)29(34)22-33(26-11-10-12-27(20-26)38-4)39(36,37)28-13-8-7-9-14-28/h7-18,20,24H,5-6,19,21-22H2,1-4H3,(H,31,35)/t24-/m0/s1. The largest absolute Gasteiger partial charge is 0.497 e. The number of anilines is 1. The van der Waals surface area contributed by atoms with Crippen LogP contribution < -0.4 is 14.4 Å². The number of hydrogen-bond donors (Lipinski definition) is 1. The third-order valence-corrected chi connectivity index (χ3v) is 8.21. The van der Waals surface area contributed by atoms with Crippen molar-refractivity contribution in [1.82, 2.24) is 10.2 Å². The second-order valence-electron chi connectivity index (χ2n) is 9.35. The fraction of sp³-hybridized carbons (Fsp3) is 0.333. The Labute approximate surface area is 231 Å². The molecule has 208 valence electrons. The highest BCUT2D eigenvalue weighted by Gasteiger charge is 2.32. The quantitative estimate of drug-likeness (QED) is 0.315. The lowest BCUT2D eigenvalue weighted by molar-refractivity contribution is -0.139. The number of nitrogens with zero attached hydrogens (tertiary/aromatic N) is 2. The summed E-state index contributed by atoms with van der Waals surface area (Å²) in [5.74, 6) is -0.341.